The minimum Gasteiger partial charge on any atom is -0.341 e. The maximum Gasteiger partial charge on any atom is 0.225 e. The van der Waals surface area contributed by atoms with Crippen LogP contribution in [0.1, 0.15) is 58.3 Å². The van der Waals surface area contributed by atoms with Crippen molar-refractivity contribution in [3.8, 4) is 0 Å². The molecular weight excluding hydrogens is 258 g/mol. The zero-order valence-electron chi connectivity index (χ0n) is 12.2. The highest BCUT2D eigenvalue weighted by Crippen LogP contribution is 2.43. The summed E-state index contributed by atoms with van der Waals surface area (Å²) in [5, 5.41) is 0. The molecule has 3 heteroatoms. The van der Waals surface area contributed by atoms with Crippen molar-refractivity contribution in [1.29, 1.82) is 0 Å². The first-order chi connectivity index (χ1) is 9.26. The molecule has 3 unspecified atom stereocenters. The SMILES string of the molecule is CCCN(CCCl)C(=O)C1CCC2CCCCC2C1. The molecule has 0 aliphatic heterocycles. The van der Waals surface area contributed by atoms with Gasteiger partial charge >= 0.3 is 0 Å². The molecule has 0 bridgehead atoms. The van der Waals surface area contributed by atoms with Crippen LogP contribution >= 0.6 is 11.6 Å². The molecule has 2 aliphatic carbocycles. The van der Waals surface area contributed by atoms with Crippen LogP contribution in [-0.4, -0.2) is 29.8 Å². The van der Waals surface area contributed by atoms with Gasteiger partial charge in [-0.25, -0.2) is 0 Å². The topological polar surface area (TPSA) is 20.3 Å². The van der Waals surface area contributed by atoms with Gasteiger partial charge in [-0.05, 0) is 37.5 Å². The largest absolute Gasteiger partial charge is 0.341 e. The van der Waals surface area contributed by atoms with E-state index in [9.17, 15) is 4.79 Å². The van der Waals surface area contributed by atoms with E-state index < -0.39 is 0 Å². The van der Waals surface area contributed by atoms with Gasteiger partial charge in [-0.2, -0.15) is 0 Å². The number of carbonyl (C=O) groups is 1. The maximum atomic E-state index is 12.6. The first-order valence-electron chi connectivity index (χ1n) is 8.11. The lowest BCUT2D eigenvalue weighted by Gasteiger charge is -2.40. The van der Waals surface area contributed by atoms with E-state index in [1.54, 1.807) is 0 Å². The highest BCUT2D eigenvalue weighted by molar-refractivity contribution is 6.18. The molecule has 0 aromatic rings. The molecule has 0 heterocycles. The summed E-state index contributed by atoms with van der Waals surface area (Å²) in [4.78, 5) is 14.6. The minimum absolute atomic E-state index is 0.286. The summed E-state index contributed by atoms with van der Waals surface area (Å²) in [6, 6.07) is 0. The first-order valence-corrected chi connectivity index (χ1v) is 8.64. The van der Waals surface area contributed by atoms with Gasteiger partial charge in [0.1, 0.15) is 0 Å². The maximum absolute atomic E-state index is 12.6. The van der Waals surface area contributed by atoms with Gasteiger partial charge in [0, 0.05) is 24.9 Å². The first kappa shape index (κ1) is 15.2. The van der Waals surface area contributed by atoms with Crippen LogP contribution in [0.4, 0.5) is 0 Å². The van der Waals surface area contributed by atoms with Crippen molar-refractivity contribution in [2.24, 2.45) is 17.8 Å². The Morgan fingerprint density at radius 2 is 1.84 bits per heavy atom. The van der Waals surface area contributed by atoms with E-state index in [0.29, 0.717) is 11.8 Å². The molecule has 1 amide bonds. The number of halogens is 1. The average Bonchev–Trinajstić information content (AvgIpc) is 2.46. The van der Waals surface area contributed by atoms with Crippen molar-refractivity contribution in [2.75, 3.05) is 19.0 Å². The van der Waals surface area contributed by atoms with Crippen molar-refractivity contribution >= 4 is 17.5 Å². The second-order valence-corrected chi connectivity index (χ2v) is 6.71. The molecule has 2 nitrogen and oxygen atoms in total. The molecule has 0 saturated heterocycles. The Balaban J connectivity index is 1.91. The summed E-state index contributed by atoms with van der Waals surface area (Å²) in [6.07, 6.45) is 10.1. The molecule has 2 fully saturated rings. The lowest BCUT2D eigenvalue weighted by atomic mass is 9.67. The second kappa shape index (κ2) is 7.52. The Morgan fingerprint density at radius 1 is 1.11 bits per heavy atom. The van der Waals surface area contributed by atoms with Gasteiger partial charge in [0.15, 0.2) is 0 Å². The van der Waals surface area contributed by atoms with Gasteiger partial charge < -0.3 is 4.90 Å². The summed E-state index contributed by atoms with van der Waals surface area (Å²) in [5.74, 6) is 2.98. The van der Waals surface area contributed by atoms with Crippen LogP contribution in [0.2, 0.25) is 0 Å². The monoisotopic (exact) mass is 285 g/mol. The summed E-state index contributed by atoms with van der Waals surface area (Å²) in [6.45, 7) is 3.72. The number of nitrogens with zero attached hydrogens (tertiary/aromatic N) is 1. The molecular formula is C16H28ClNO. The van der Waals surface area contributed by atoms with Crippen molar-refractivity contribution < 1.29 is 4.79 Å². The third kappa shape index (κ3) is 3.87. The summed E-state index contributed by atoms with van der Waals surface area (Å²) in [7, 11) is 0. The Labute approximate surface area is 122 Å². The van der Waals surface area contributed by atoms with Crippen LogP contribution in [0.15, 0.2) is 0 Å². The van der Waals surface area contributed by atoms with E-state index in [1.165, 1.54) is 32.1 Å². The van der Waals surface area contributed by atoms with Gasteiger partial charge in [-0.3, -0.25) is 4.79 Å². The molecule has 3 atom stereocenters. The summed E-state index contributed by atoms with van der Waals surface area (Å²) in [5.41, 5.74) is 0. The number of alkyl halides is 1. The normalized spacial score (nSPS) is 30.7. The number of hydrogen-bond donors (Lipinski definition) is 0. The Hall–Kier alpha value is -0.240. The molecule has 2 aliphatic rings. The number of hydrogen-bond acceptors (Lipinski definition) is 1. The van der Waals surface area contributed by atoms with E-state index >= 15 is 0 Å². The van der Waals surface area contributed by atoms with E-state index in [1.807, 2.05) is 4.90 Å². The van der Waals surface area contributed by atoms with Crippen LogP contribution in [0.25, 0.3) is 0 Å². The van der Waals surface area contributed by atoms with Crippen molar-refractivity contribution in [2.45, 2.75) is 58.3 Å². The number of carbonyl (C=O) groups excluding carboxylic acids is 1. The molecule has 0 aromatic heterocycles. The van der Waals surface area contributed by atoms with Gasteiger partial charge in [0.25, 0.3) is 0 Å². The lowest BCUT2D eigenvalue weighted by Crippen LogP contribution is -2.41. The number of fused-ring (bicyclic) bond motifs is 1. The Bertz CT molecular complexity index is 288. The predicted octanol–water partition coefficient (Wildman–Crippen LogP) is 4.07. The average molecular weight is 286 g/mol. The van der Waals surface area contributed by atoms with E-state index in [2.05, 4.69) is 6.92 Å². The Kier molecular flexibility index (Phi) is 6.00. The molecule has 0 spiro atoms. The van der Waals surface area contributed by atoms with E-state index in [4.69, 9.17) is 11.6 Å². The molecule has 0 N–H and O–H groups in total. The molecule has 0 radical (unpaired) electrons. The molecule has 2 saturated carbocycles. The minimum atomic E-state index is 0.286. The zero-order valence-corrected chi connectivity index (χ0v) is 13.0. The third-order valence-electron chi connectivity index (χ3n) is 5.05. The highest BCUT2D eigenvalue weighted by Gasteiger charge is 2.36. The highest BCUT2D eigenvalue weighted by atomic mass is 35.5. The zero-order chi connectivity index (χ0) is 13.7. The van der Waals surface area contributed by atoms with Crippen LogP contribution in [0, 0.1) is 17.8 Å². The van der Waals surface area contributed by atoms with Crippen LogP contribution in [0.3, 0.4) is 0 Å². The quantitative estimate of drug-likeness (QED) is 0.697. The lowest BCUT2D eigenvalue weighted by molar-refractivity contribution is -0.137. The predicted molar refractivity (Wildman–Crippen MR) is 80.4 cm³/mol. The molecule has 2 rings (SSSR count). The standard InChI is InChI=1S/C16H28ClNO/c1-2-10-18(11-9-17)16(19)15-8-7-13-5-3-4-6-14(13)12-15/h13-15H,2-12H2,1H3. The van der Waals surface area contributed by atoms with Crippen LogP contribution < -0.4 is 0 Å². The fourth-order valence-corrected chi connectivity index (χ4v) is 4.26. The fraction of sp³-hybridized carbons (Fsp3) is 0.938. The van der Waals surface area contributed by atoms with Gasteiger partial charge in [-0.1, -0.05) is 32.6 Å². The third-order valence-corrected chi connectivity index (χ3v) is 5.22. The molecule has 110 valence electrons. The van der Waals surface area contributed by atoms with Crippen molar-refractivity contribution in [3.05, 3.63) is 0 Å². The summed E-state index contributed by atoms with van der Waals surface area (Å²) < 4.78 is 0. The van der Waals surface area contributed by atoms with Crippen molar-refractivity contribution in [3.63, 3.8) is 0 Å². The van der Waals surface area contributed by atoms with E-state index in [-0.39, 0.29) is 5.92 Å². The van der Waals surface area contributed by atoms with E-state index in [0.717, 1.165) is 44.2 Å². The van der Waals surface area contributed by atoms with Crippen LogP contribution in [-0.2, 0) is 4.79 Å². The van der Waals surface area contributed by atoms with Crippen molar-refractivity contribution in [1.82, 2.24) is 4.90 Å². The smallest absolute Gasteiger partial charge is 0.225 e. The molecule has 0 aromatic carbocycles. The van der Waals surface area contributed by atoms with Gasteiger partial charge in [0.05, 0.1) is 0 Å². The fourth-order valence-electron chi connectivity index (χ4n) is 4.06. The molecule has 19 heavy (non-hydrogen) atoms. The number of amides is 1. The Morgan fingerprint density at radius 3 is 2.53 bits per heavy atom. The van der Waals surface area contributed by atoms with Crippen LogP contribution in [0.5, 0.6) is 0 Å². The summed E-state index contributed by atoms with van der Waals surface area (Å²) >= 11 is 5.83. The number of rotatable bonds is 5. The van der Waals surface area contributed by atoms with Gasteiger partial charge in [0.2, 0.25) is 5.91 Å². The second-order valence-electron chi connectivity index (χ2n) is 6.33. The van der Waals surface area contributed by atoms with Gasteiger partial charge in [-0.15, -0.1) is 11.6 Å².